The number of thiazole rings is 1. The van der Waals surface area contributed by atoms with Crippen LogP contribution >= 0.6 is 11.3 Å². The fraction of sp³-hybridized carbons (Fsp3) is 0.167. The Kier molecular flexibility index (Phi) is 5.29. The Labute approximate surface area is 198 Å². The number of benzene rings is 2. The molecule has 0 aliphatic carbocycles. The molecule has 0 atom stereocenters. The van der Waals surface area contributed by atoms with Gasteiger partial charge in [-0.1, -0.05) is 24.3 Å². The largest absolute Gasteiger partial charge is 0.497 e. The predicted molar refractivity (Wildman–Crippen MR) is 125 cm³/mol. The molecule has 1 saturated heterocycles. The highest BCUT2D eigenvalue weighted by Crippen LogP contribution is 2.38. The molecular weight excluding hydrogens is 456 g/mol. The summed E-state index contributed by atoms with van der Waals surface area (Å²) in [5.74, 6) is 0.772. The number of nitrogens with one attached hydrogen (secondary N) is 1. The van der Waals surface area contributed by atoms with Crippen molar-refractivity contribution in [2.75, 3.05) is 14.2 Å². The van der Waals surface area contributed by atoms with E-state index in [0.29, 0.717) is 33.3 Å². The third kappa shape index (κ3) is 3.39. The van der Waals surface area contributed by atoms with E-state index in [-0.39, 0.29) is 12.1 Å². The lowest BCUT2D eigenvalue weighted by molar-refractivity contribution is -0.130. The zero-order valence-corrected chi connectivity index (χ0v) is 19.2. The Morgan fingerprint density at radius 2 is 1.53 bits per heavy atom. The Hall–Kier alpha value is -4.18. The van der Waals surface area contributed by atoms with Crippen LogP contribution in [0.5, 0.6) is 11.5 Å². The second-order valence-corrected chi connectivity index (χ2v) is 8.54. The van der Waals surface area contributed by atoms with Gasteiger partial charge in [0, 0.05) is 17.6 Å². The van der Waals surface area contributed by atoms with Gasteiger partial charge in [0.15, 0.2) is 10.5 Å². The number of ether oxygens (including phenoxy) is 2. The third-order valence-electron chi connectivity index (χ3n) is 5.83. The molecule has 34 heavy (non-hydrogen) atoms. The Bertz CT molecular complexity index is 1400. The van der Waals surface area contributed by atoms with Crippen molar-refractivity contribution < 1.29 is 19.1 Å². The highest BCUT2D eigenvalue weighted by molar-refractivity contribution is 7.15. The van der Waals surface area contributed by atoms with Crippen molar-refractivity contribution in [3.05, 3.63) is 93.3 Å². The van der Waals surface area contributed by atoms with Gasteiger partial charge in [0.2, 0.25) is 0 Å². The van der Waals surface area contributed by atoms with Gasteiger partial charge in [-0.15, -0.1) is 11.3 Å². The highest BCUT2D eigenvalue weighted by Gasteiger charge is 2.53. The van der Waals surface area contributed by atoms with Crippen molar-refractivity contribution in [2.45, 2.75) is 12.1 Å². The summed E-state index contributed by atoms with van der Waals surface area (Å²) in [5.41, 5.74) is -0.263. The average Bonchev–Trinajstić information content (AvgIpc) is 3.43. The molecule has 1 aliphatic rings. The molecule has 0 unspecified atom stereocenters. The molecule has 3 heterocycles. The molecule has 0 saturated carbocycles. The van der Waals surface area contributed by atoms with E-state index in [1.54, 1.807) is 74.3 Å². The Morgan fingerprint density at radius 3 is 2.09 bits per heavy atom. The van der Waals surface area contributed by atoms with E-state index in [2.05, 4.69) is 10.3 Å². The van der Waals surface area contributed by atoms with Crippen LogP contribution in [-0.4, -0.2) is 40.4 Å². The summed E-state index contributed by atoms with van der Waals surface area (Å²) in [6, 6.07) is 14.7. The van der Waals surface area contributed by atoms with Crippen LogP contribution in [0, 0.1) is 0 Å². The van der Waals surface area contributed by atoms with Crippen LogP contribution in [0.2, 0.25) is 0 Å². The quantitative estimate of drug-likeness (QED) is 0.430. The number of nitrogens with zero attached hydrogens (tertiary/aromatic N) is 3. The summed E-state index contributed by atoms with van der Waals surface area (Å²) in [5, 5.41) is 4.64. The molecule has 1 aliphatic heterocycles. The predicted octanol–water partition coefficient (Wildman–Crippen LogP) is 2.77. The first-order chi connectivity index (χ1) is 16.5. The maximum absolute atomic E-state index is 13.9. The SMILES string of the molecule is COc1ccc(C2(c3ccc(OC)cc3)NC(=O)N(Cc3cc(=O)n4ccsc4n3)C2=O)cc1. The summed E-state index contributed by atoms with van der Waals surface area (Å²) in [4.78, 5) is 45.5. The first-order valence-corrected chi connectivity index (χ1v) is 11.2. The second kappa shape index (κ2) is 8.31. The summed E-state index contributed by atoms with van der Waals surface area (Å²) in [6.07, 6.45) is 1.63. The minimum atomic E-state index is -1.46. The van der Waals surface area contributed by atoms with Crippen molar-refractivity contribution in [1.82, 2.24) is 19.6 Å². The maximum atomic E-state index is 13.9. The number of imide groups is 1. The van der Waals surface area contributed by atoms with Crippen molar-refractivity contribution in [3.63, 3.8) is 0 Å². The van der Waals surface area contributed by atoms with Crippen molar-refractivity contribution in [2.24, 2.45) is 0 Å². The number of urea groups is 1. The summed E-state index contributed by atoms with van der Waals surface area (Å²) < 4.78 is 11.9. The number of rotatable bonds is 6. The van der Waals surface area contributed by atoms with Crippen LogP contribution in [0.15, 0.2) is 71.0 Å². The summed E-state index contributed by atoms with van der Waals surface area (Å²) in [7, 11) is 3.11. The average molecular weight is 477 g/mol. The van der Waals surface area contributed by atoms with E-state index >= 15 is 0 Å². The van der Waals surface area contributed by atoms with Gasteiger partial charge in [0.1, 0.15) is 11.5 Å². The van der Waals surface area contributed by atoms with Crippen LogP contribution in [0.25, 0.3) is 4.96 Å². The van der Waals surface area contributed by atoms with Crippen LogP contribution in [0.4, 0.5) is 4.79 Å². The second-order valence-electron chi connectivity index (χ2n) is 7.67. The smallest absolute Gasteiger partial charge is 0.325 e. The first-order valence-electron chi connectivity index (χ1n) is 10.3. The first kappa shape index (κ1) is 21.7. The minimum Gasteiger partial charge on any atom is -0.497 e. The van der Waals surface area contributed by atoms with Gasteiger partial charge in [0.05, 0.1) is 26.5 Å². The maximum Gasteiger partial charge on any atom is 0.325 e. The van der Waals surface area contributed by atoms with E-state index in [1.165, 1.54) is 21.8 Å². The van der Waals surface area contributed by atoms with Crippen LogP contribution < -0.4 is 20.3 Å². The van der Waals surface area contributed by atoms with E-state index in [4.69, 9.17) is 9.47 Å². The van der Waals surface area contributed by atoms with Crippen LogP contribution in [0.3, 0.4) is 0 Å². The molecule has 1 fully saturated rings. The van der Waals surface area contributed by atoms with E-state index in [0.717, 1.165) is 4.90 Å². The van der Waals surface area contributed by atoms with Gasteiger partial charge >= 0.3 is 6.03 Å². The molecule has 5 rings (SSSR count). The number of amides is 3. The number of carbonyl (C=O) groups is 2. The summed E-state index contributed by atoms with van der Waals surface area (Å²) in [6.45, 7) is -0.137. The van der Waals surface area contributed by atoms with Gasteiger partial charge in [-0.2, -0.15) is 0 Å². The van der Waals surface area contributed by atoms with Gasteiger partial charge in [-0.3, -0.25) is 18.9 Å². The number of methoxy groups -OCH3 is 2. The fourth-order valence-corrected chi connectivity index (χ4v) is 4.83. The molecule has 10 heteroatoms. The van der Waals surface area contributed by atoms with Gasteiger partial charge in [-0.05, 0) is 35.4 Å². The van der Waals surface area contributed by atoms with Crippen LogP contribution in [-0.2, 0) is 16.9 Å². The van der Waals surface area contributed by atoms with E-state index in [1.807, 2.05) is 0 Å². The minimum absolute atomic E-state index is 0.137. The Morgan fingerprint density at radius 1 is 0.941 bits per heavy atom. The van der Waals surface area contributed by atoms with E-state index < -0.39 is 17.5 Å². The highest BCUT2D eigenvalue weighted by atomic mass is 32.1. The molecular formula is C24H20N4O5S. The Balaban J connectivity index is 1.59. The molecule has 0 spiro atoms. The fourth-order valence-electron chi connectivity index (χ4n) is 4.09. The standard InChI is InChI=1S/C24H20N4O5S/c1-32-18-7-3-15(4-8-18)24(16-5-9-19(33-2)10-6-16)21(30)28(22(31)26-24)14-17-13-20(29)27-11-12-34-23(27)25-17/h3-13H,14H2,1-2H3,(H,26,31). The molecule has 4 aromatic rings. The number of hydrogen-bond acceptors (Lipinski definition) is 7. The zero-order chi connectivity index (χ0) is 23.9. The molecule has 3 amide bonds. The lowest BCUT2D eigenvalue weighted by atomic mass is 9.82. The normalized spacial score (nSPS) is 14.9. The third-order valence-corrected chi connectivity index (χ3v) is 6.58. The van der Waals surface area contributed by atoms with Gasteiger partial charge in [0.25, 0.3) is 11.5 Å². The molecule has 172 valence electrons. The molecule has 1 N–H and O–H groups in total. The molecule has 2 aromatic heterocycles. The molecule has 2 aromatic carbocycles. The van der Waals surface area contributed by atoms with Crippen molar-refractivity contribution in [3.8, 4) is 11.5 Å². The van der Waals surface area contributed by atoms with Crippen molar-refractivity contribution >= 4 is 28.2 Å². The molecule has 0 bridgehead atoms. The molecule has 0 radical (unpaired) electrons. The topological polar surface area (TPSA) is 102 Å². The lowest BCUT2D eigenvalue weighted by Crippen LogP contribution is -2.45. The van der Waals surface area contributed by atoms with Crippen molar-refractivity contribution in [1.29, 1.82) is 0 Å². The number of hydrogen-bond donors (Lipinski definition) is 1. The van der Waals surface area contributed by atoms with Gasteiger partial charge in [-0.25, -0.2) is 9.78 Å². The number of fused-ring (bicyclic) bond motifs is 1. The number of aromatic nitrogens is 2. The number of carbonyl (C=O) groups excluding carboxylic acids is 2. The van der Waals surface area contributed by atoms with Gasteiger partial charge < -0.3 is 14.8 Å². The van der Waals surface area contributed by atoms with E-state index in [9.17, 15) is 14.4 Å². The zero-order valence-electron chi connectivity index (χ0n) is 18.3. The monoisotopic (exact) mass is 476 g/mol. The molecule has 9 nitrogen and oxygen atoms in total. The lowest BCUT2D eigenvalue weighted by Gasteiger charge is -2.28. The summed E-state index contributed by atoms with van der Waals surface area (Å²) >= 11 is 1.30. The van der Waals surface area contributed by atoms with Crippen LogP contribution in [0.1, 0.15) is 16.8 Å².